The van der Waals surface area contributed by atoms with E-state index in [0.29, 0.717) is 12.1 Å². The van der Waals surface area contributed by atoms with Crippen LogP contribution in [0.1, 0.15) is 30.1 Å². The predicted molar refractivity (Wildman–Crippen MR) is 81.2 cm³/mol. The van der Waals surface area contributed by atoms with E-state index in [2.05, 4.69) is 5.32 Å². The fourth-order valence-electron chi connectivity index (χ4n) is 2.21. The van der Waals surface area contributed by atoms with Gasteiger partial charge in [0.25, 0.3) is 0 Å². The van der Waals surface area contributed by atoms with Crippen molar-refractivity contribution in [3.63, 3.8) is 0 Å². The van der Waals surface area contributed by atoms with Crippen LogP contribution in [0.15, 0.2) is 48.5 Å². The van der Waals surface area contributed by atoms with Crippen molar-refractivity contribution in [3.05, 3.63) is 70.5 Å². The number of halogens is 2. The third-order valence-corrected chi connectivity index (χ3v) is 3.64. The van der Waals surface area contributed by atoms with Gasteiger partial charge in [0.2, 0.25) is 0 Å². The van der Waals surface area contributed by atoms with E-state index in [0.717, 1.165) is 5.56 Å². The molecule has 0 fully saturated rings. The van der Waals surface area contributed by atoms with Gasteiger partial charge in [-0.1, -0.05) is 54.1 Å². The molecule has 2 atom stereocenters. The summed E-state index contributed by atoms with van der Waals surface area (Å²) in [7, 11) is 0. The Labute approximate surface area is 123 Å². The Bertz CT molecular complexity index is 560. The Morgan fingerprint density at radius 3 is 2.50 bits per heavy atom. The SMILES string of the molecule is CC(NC(CN)c1cccc(Cl)c1F)c1ccccc1. The Morgan fingerprint density at radius 1 is 1.15 bits per heavy atom. The first kappa shape index (κ1) is 15.0. The molecule has 0 radical (unpaired) electrons. The molecule has 2 nitrogen and oxygen atoms in total. The molecular formula is C16H18ClFN2. The molecule has 3 N–H and O–H groups in total. The summed E-state index contributed by atoms with van der Waals surface area (Å²) in [6.07, 6.45) is 0. The summed E-state index contributed by atoms with van der Waals surface area (Å²) >= 11 is 5.82. The van der Waals surface area contributed by atoms with E-state index in [4.69, 9.17) is 17.3 Å². The quantitative estimate of drug-likeness (QED) is 0.879. The summed E-state index contributed by atoms with van der Waals surface area (Å²) in [5.74, 6) is -0.405. The summed E-state index contributed by atoms with van der Waals surface area (Å²) in [5, 5.41) is 3.46. The lowest BCUT2D eigenvalue weighted by molar-refractivity contribution is 0.455. The van der Waals surface area contributed by atoms with E-state index in [1.807, 2.05) is 37.3 Å². The molecule has 20 heavy (non-hydrogen) atoms. The minimum Gasteiger partial charge on any atom is -0.329 e. The first-order valence-electron chi connectivity index (χ1n) is 6.58. The van der Waals surface area contributed by atoms with Crippen LogP contribution in [-0.4, -0.2) is 6.54 Å². The van der Waals surface area contributed by atoms with Crippen molar-refractivity contribution >= 4 is 11.6 Å². The number of hydrogen-bond donors (Lipinski definition) is 2. The van der Waals surface area contributed by atoms with Gasteiger partial charge in [-0.15, -0.1) is 0 Å². The van der Waals surface area contributed by atoms with Crippen LogP contribution >= 0.6 is 11.6 Å². The molecule has 2 unspecified atom stereocenters. The van der Waals surface area contributed by atoms with E-state index < -0.39 is 5.82 Å². The zero-order valence-corrected chi connectivity index (χ0v) is 12.1. The Balaban J connectivity index is 2.19. The lowest BCUT2D eigenvalue weighted by Gasteiger charge is -2.23. The molecule has 0 aromatic heterocycles. The fourth-order valence-corrected chi connectivity index (χ4v) is 2.40. The lowest BCUT2D eigenvalue weighted by Crippen LogP contribution is -2.31. The normalized spacial score (nSPS) is 14.0. The maximum absolute atomic E-state index is 14.1. The van der Waals surface area contributed by atoms with E-state index in [9.17, 15) is 4.39 Å². The van der Waals surface area contributed by atoms with E-state index >= 15 is 0 Å². The van der Waals surface area contributed by atoms with Crippen molar-refractivity contribution in [1.29, 1.82) is 0 Å². The Morgan fingerprint density at radius 2 is 1.85 bits per heavy atom. The highest BCUT2D eigenvalue weighted by Gasteiger charge is 2.18. The molecule has 0 aliphatic heterocycles. The van der Waals surface area contributed by atoms with Gasteiger partial charge in [0.05, 0.1) is 5.02 Å². The molecule has 0 aliphatic rings. The van der Waals surface area contributed by atoms with Gasteiger partial charge < -0.3 is 11.1 Å². The monoisotopic (exact) mass is 292 g/mol. The average Bonchev–Trinajstić information content (AvgIpc) is 2.48. The third kappa shape index (κ3) is 3.37. The highest BCUT2D eigenvalue weighted by atomic mass is 35.5. The van der Waals surface area contributed by atoms with Crippen molar-refractivity contribution in [1.82, 2.24) is 5.32 Å². The maximum atomic E-state index is 14.1. The van der Waals surface area contributed by atoms with Crippen LogP contribution in [-0.2, 0) is 0 Å². The number of nitrogens with one attached hydrogen (secondary N) is 1. The number of nitrogens with two attached hydrogens (primary N) is 1. The first-order chi connectivity index (χ1) is 9.63. The summed E-state index contributed by atoms with van der Waals surface area (Å²) in [5.41, 5.74) is 7.41. The summed E-state index contributed by atoms with van der Waals surface area (Å²) in [6.45, 7) is 2.33. The van der Waals surface area contributed by atoms with Gasteiger partial charge in [-0.2, -0.15) is 0 Å². The predicted octanol–water partition coefficient (Wildman–Crippen LogP) is 3.83. The second-order valence-corrected chi connectivity index (χ2v) is 5.14. The van der Waals surface area contributed by atoms with Gasteiger partial charge in [-0.25, -0.2) is 4.39 Å². The minimum absolute atomic E-state index is 0.0723. The van der Waals surface area contributed by atoms with Gasteiger partial charge >= 0.3 is 0 Å². The second-order valence-electron chi connectivity index (χ2n) is 4.73. The van der Waals surface area contributed by atoms with Crippen LogP contribution in [0.5, 0.6) is 0 Å². The molecule has 2 rings (SSSR count). The third-order valence-electron chi connectivity index (χ3n) is 3.34. The lowest BCUT2D eigenvalue weighted by atomic mass is 10.0. The Hall–Kier alpha value is -1.42. The van der Waals surface area contributed by atoms with Crippen molar-refractivity contribution in [2.24, 2.45) is 5.73 Å². The van der Waals surface area contributed by atoms with Gasteiger partial charge in [0, 0.05) is 24.2 Å². The average molecular weight is 293 g/mol. The van der Waals surface area contributed by atoms with Crippen molar-refractivity contribution in [2.75, 3.05) is 6.54 Å². The molecule has 0 aliphatic carbocycles. The molecule has 2 aromatic carbocycles. The minimum atomic E-state index is -0.405. The van der Waals surface area contributed by atoms with E-state index in [-0.39, 0.29) is 17.1 Å². The topological polar surface area (TPSA) is 38.0 Å². The zero-order valence-electron chi connectivity index (χ0n) is 11.3. The maximum Gasteiger partial charge on any atom is 0.146 e. The number of rotatable bonds is 5. The molecule has 0 saturated heterocycles. The van der Waals surface area contributed by atoms with Crippen LogP contribution < -0.4 is 11.1 Å². The van der Waals surface area contributed by atoms with Crippen molar-refractivity contribution in [3.8, 4) is 0 Å². The molecule has 2 aromatic rings. The number of hydrogen-bond acceptors (Lipinski definition) is 2. The van der Waals surface area contributed by atoms with Gasteiger partial charge in [0.15, 0.2) is 0 Å². The standard InChI is InChI=1S/C16H18ClFN2/c1-11(12-6-3-2-4-7-12)20-15(10-19)13-8-5-9-14(17)16(13)18/h2-9,11,15,20H,10,19H2,1H3. The van der Waals surface area contributed by atoms with Crippen LogP contribution in [0.25, 0.3) is 0 Å². The van der Waals surface area contributed by atoms with Crippen LogP contribution in [0.2, 0.25) is 5.02 Å². The molecule has 0 amide bonds. The summed E-state index contributed by atoms with van der Waals surface area (Å²) in [6, 6.07) is 14.8. The van der Waals surface area contributed by atoms with Gasteiger partial charge in [-0.05, 0) is 18.6 Å². The van der Waals surface area contributed by atoms with E-state index in [1.165, 1.54) is 6.07 Å². The molecule has 106 valence electrons. The van der Waals surface area contributed by atoms with Crippen LogP contribution in [0, 0.1) is 5.82 Å². The molecule has 4 heteroatoms. The van der Waals surface area contributed by atoms with Crippen molar-refractivity contribution < 1.29 is 4.39 Å². The molecule has 0 heterocycles. The van der Waals surface area contributed by atoms with Crippen molar-refractivity contribution in [2.45, 2.75) is 19.0 Å². The zero-order chi connectivity index (χ0) is 14.5. The van der Waals surface area contributed by atoms with Gasteiger partial charge in [-0.3, -0.25) is 0 Å². The largest absolute Gasteiger partial charge is 0.329 e. The summed E-state index contributed by atoms with van der Waals surface area (Å²) < 4.78 is 14.1. The fraction of sp³-hybridized carbons (Fsp3) is 0.250. The van der Waals surface area contributed by atoms with Gasteiger partial charge in [0.1, 0.15) is 5.82 Å². The summed E-state index contributed by atoms with van der Waals surface area (Å²) in [4.78, 5) is 0. The molecule has 0 bridgehead atoms. The first-order valence-corrected chi connectivity index (χ1v) is 6.96. The van der Waals surface area contributed by atoms with E-state index in [1.54, 1.807) is 12.1 Å². The number of benzene rings is 2. The molecular weight excluding hydrogens is 275 g/mol. The van der Waals surface area contributed by atoms with Crippen LogP contribution in [0.4, 0.5) is 4.39 Å². The Kier molecular flexibility index (Phi) is 5.12. The molecule has 0 spiro atoms. The molecule has 0 saturated carbocycles. The smallest absolute Gasteiger partial charge is 0.146 e. The second kappa shape index (κ2) is 6.84. The highest BCUT2D eigenvalue weighted by Crippen LogP contribution is 2.25. The van der Waals surface area contributed by atoms with Crippen LogP contribution in [0.3, 0.4) is 0 Å². The highest BCUT2D eigenvalue weighted by molar-refractivity contribution is 6.30.